The maximum Gasteiger partial charge on any atom is 0.334 e. The first-order valence-electron chi connectivity index (χ1n) is 7.42. The standard InChI is InChI=1S/C16H28O3/c1-5-13(15(18)19-16(2,3)4)10-9-12-7-6-8-14(17)11-12/h10,12,14,17H,5-9,11H2,1-4H3/t12-,14-/m1/s1. The Hall–Kier alpha value is -0.830. The average Bonchev–Trinajstić information content (AvgIpc) is 2.27. The van der Waals surface area contributed by atoms with Gasteiger partial charge in [0.25, 0.3) is 0 Å². The van der Waals surface area contributed by atoms with E-state index in [1.54, 1.807) is 0 Å². The van der Waals surface area contributed by atoms with Crippen molar-refractivity contribution in [3.8, 4) is 0 Å². The molecule has 0 aromatic rings. The SMILES string of the molecule is CCC(=CC[C@H]1CCC[C@@H](O)C1)C(=O)OC(C)(C)C. The highest BCUT2D eigenvalue weighted by molar-refractivity contribution is 5.88. The number of hydrogen-bond acceptors (Lipinski definition) is 3. The largest absolute Gasteiger partial charge is 0.457 e. The first kappa shape index (κ1) is 16.2. The molecular weight excluding hydrogens is 240 g/mol. The Bertz CT molecular complexity index is 325. The summed E-state index contributed by atoms with van der Waals surface area (Å²) in [6.45, 7) is 7.63. The summed E-state index contributed by atoms with van der Waals surface area (Å²) in [7, 11) is 0. The summed E-state index contributed by atoms with van der Waals surface area (Å²) >= 11 is 0. The Kier molecular flexibility index (Phi) is 6.05. The Morgan fingerprint density at radius 1 is 1.37 bits per heavy atom. The molecule has 1 aliphatic carbocycles. The zero-order valence-electron chi connectivity index (χ0n) is 12.7. The van der Waals surface area contributed by atoms with E-state index in [1.165, 1.54) is 0 Å². The van der Waals surface area contributed by atoms with Gasteiger partial charge in [0.1, 0.15) is 5.60 Å². The third-order valence-corrected chi connectivity index (χ3v) is 3.49. The van der Waals surface area contributed by atoms with Crippen LogP contribution >= 0.6 is 0 Å². The maximum absolute atomic E-state index is 12.0. The van der Waals surface area contributed by atoms with Crippen LogP contribution in [0.1, 0.15) is 66.2 Å². The third kappa shape index (κ3) is 6.24. The van der Waals surface area contributed by atoms with Crippen molar-refractivity contribution in [3.05, 3.63) is 11.6 Å². The molecule has 0 heterocycles. The molecule has 0 aromatic heterocycles. The molecule has 2 atom stereocenters. The number of carbonyl (C=O) groups excluding carboxylic acids is 1. The first-order valence-corrected chi connectivity index (χ1v) is 7.42. The summed E-state index contributed by atoms with van der Waals surface area (Å²) in [6, 6.07) is 0. The zero-order chi connectivity index (χ0) is 14.5. The van der Waals surface area contributed by atoms with Crippen molar-refractivity contribution in [1.82, 2.24) is 0 Å². The van der Waals surface area contributed by atoms with Crippen molar-refractivity contribution in [2.45, 2.75) is 77.9 Å². The van der Waals surface area contributed by atoms with Crippen LogP contribution in [-0.4, -0.2) is 22.8 Å². The molecule has 1 N–H and O–H groups in total. The van der Waals surface area contributed by atoms with Crippen LogP contribution in [0.3, 0.4) is 0 Å². The molecule has 1 aliphatic rings. The molecule has 110 valence electrons. The van der Waals surface area contributed by atoms with Gasteiger partial charge in [-0.05, 0) is 58.8 Å². The minimum atomic E-state index is -0.438. The Morgan fingerprint density at radius 3 is 2.58 bits per heavy atom. The number of aliphatic hydroxyl groups is 1. The van der Waals surface area contributed by atoms with Gasteiger partial charge < -0.3 is 9.84 Å². The van der Waals surface area contributed by atoms with Crippen LogP contribution in [0.25, 0.3) is 0 Å². The smallest absolute Gasteiger partial charge is 0.334 e. The van der Waals surface area contributed by atoms with E-state index in [0.717, 1.165) is 37.7 Å². The summed E-state index contributed by atoms with van der Waals surface area (Å²) in [5.74, 6) is 0.305. The van der Waals surface area contributed by atoms with Crippen molar-refractivity contribution >= 4 is 5.97 Å². The highest BCUT2D eigenvalue weighted by Crippen LogP contribution is 2.28. The van der Waals surface area contributed by atoms with E-state index in [2.05, 4.69) is 0 Å². The van der Waals surface area contributed by atoms with Gasteiger partial charge in [-0.15, -0.1) is 0 Å². The van der Waals surface area contributed by atoms with Crippen molar-refractivity contribution < 1.29 is 14.6 Å². The Morgan fingerprint density at radius 2 is 2.05 bits per heavy atom. The van der Waals surface area contributed by atoms with Crippen LogP contribution in [0.2, 0.25) is 0 Å². The number of aliphatic hydroxyl groups excluding tert-OH is 1. The average molecular weight is 268 g/mol. The molecule has 0 spiro atoms. The van der Waals surface area contributed by atoms with Crippen molar-refractivity contribution in [3.63, 3.8) is 0 Å². The number of rotatable bonds is 4. The summed E-state index contributed by atoms with van der Waals surface area (Å²) in [6.07, 6.45) is 7.46. The molecule has 0 amide bonds. The molecule has 0 aliphatic heterocycles. The van der Waals surface area contributed by atoms with Crippen LogP contribution in [-0.2, 0) is 9.53 Å². The van der Waals surface area contributed by atoms with Gasteiger partial charge in [-0.1, -0.05) is 19.4 Å². The number of esters is 1. The lowest BCUT2D eigenvalue weighted by Crippen LogP contribution is -2.25. The van der Waals surface area contributed by atoms with E-state index in [-0.39, 0.29) is 12.1 Å². The lowest BCUT2D eigenvalue weighted by atomic mass is 9.84. The second-order valence-electron chi connectivity index (χ2n) is 6.51. The van der Waals surface area contributed by atoms with Crippen LogP contribution in [0.4, 0.5) is 0 Å². The molecule has 0 bridgehead atoms. The number of hydrogen-bond donors (Lipinski definition) is 1. The first-order chi connectivity index (χ1) is 8.81. The fourth-order valence-corrected chi connectivity index (χ4v) is 2.50. The minimum absolute atomic E-state index is 0.154. The lowest BCUT2D eigenvalue weighted by molar-refractivity contribution is -0.150. The van der Waals surface area contributed by atoms with Crippen molar-refractivity contribution in [2.24, 2.45) is 5.92 Å². The van der Waals surface area contributed by atoms with Gasteiger partial charge in [0.05, 0.1) is 6.10 Å². The maximum atomic E-state index is 12.0. The molecular formula is C16H28O3. The molecule has 3 nitrogen and oxygen atoms in total. The van der Waals surface area contributed by atoms with Crippen molar-refractivity contribution in [2.75, 3.05) is 0 Å². The molecule has 19 heavy (non-hydrogen) atoms. The van der Waals surface area contributed by atoms with E-state index in [0.29, 0.717) is 12.3 Å². The second-order valence-corrected chi connectivity index (χ2v) is 6.51. The fraction of sp³-hybridized carbons (Fsp3) is 0.812. The molecule has 0 radical (unpaired) electrons. The van der Waals surface area contributed by atoms with E-state index < -0.39 is 5.60 Å². The van der Waals surface area contributed by atoms with Crippen molar-refractivity contribution in [1.29, 1.82) is 0 Å². The molecule has 0 unspecified atom stereocenters. The summed E-state index contributed by atoms with van der Waals surface area (Å²) in [5.41, 5.74) is 0.321. The van der Waals surface area contributed by atoms with Crippen LogP contribution in [0, 0.1) is 5.92 Å². The molecule has 3 heteroatoms. The number of ether oxygens (including phenoxy) is 1. The Balaban J connectivity index is 2.54. The van der Waals surface area contributed by atoms with Crippen LogP contribution in [0.15, 0.2) is 11.6 Å². The topological polar surface area (TPSA) is 46.5 Å². The normalized spacial score (nSPS) is 25.2. The van der Waals surface area contributed by atoms with Crippen LogP contribution < -0.4 is 0 Å². The minimum Gasteiger partial charge on any atom is -0.457 e. The van der Waals surface area contributed by atoms with Gasteiger partial charge >= 0.3 is 5.97 Å². The number of allylic oxidation sites excluding steroid dienone is 1. The predicted octanol–water partition coefficient (Wildman–Crippen LogP) is 3.61. The number of carbonyl (C=O) groups is 1. The van der Waals surface area contributed by atoms with E-state index in [4.69, 9.17) is 4.74 Å². The highest BCUT2D eigenvalue weighted by atomic mass is 16.6. The van der Waals surface area contributed by atoms with E-state index in [1.807, 2.05) is 33.8 Å². The van der Waals surface area contributed by atoms with E-state index in [9.17, 15) is 9.90 Å². The molecule has 0 aromatic carbocycles. The summed E-state index contributed by atoms with van der Waals surface area (Å²) in [4.78, 5) is 12.0. The zero-order valence-corrected chi connectivity index (χ0v) is 12.7. The lowest BCUT2D eigenvalue weighted by Gasteiger charge is -2.25. The molecule has 1 saturated carbocycles. The van der Waals surface area contributed by atoms with Gasteiger partial charge in [-0.25, -0.2) is 4.79 Å². The van der Waals surface area contributed by atoms with Crippen LogP contribution in [0.5, 0.6) is 0 Å². The van der Waals surface area contributed by atoms with Gasteiger partial charge in [0.2, 0.25) is 0 Å². The monoisotopic (exact) mass is 268 g/mol. The second kappa shape index (κ2) is 7.09. The van der Waals surface area contributed by atoms with E-state index >= 15 is 0 Å². The summed E-state index contributed by atoms with van der Waals surface area (Å²) in [5, 5.41) is 9.65. The van der Waals surface area contributed by atoms with Gasteiger partial charge in [0.15, 0.2) is 0 Å². The van der Waals surface area contributed by atoms with Gasteiger partial charge in [-0.2, -0.15) is 0 Å². The van der Waals surface area contributed by atoms with Gasteiger partial charge in [0, 0.05) is 5.57 Å². The fourth-order valence-electron chi connectivity index (χ4n) is 2.50. The van der Waals surface area contributed by atoms with Gasteiger partial charge in [-0.3, -0.25) is 0 Å². The molecule has 1 rings (SSSR count). The third-order valence-electron chi connectivity index (χ3n) is 3.49. The molecule has 0 saturated heterocycles. The molecule has 1 fully saturated rings. The highest BCUT2D eigenvalue weighted by Gasteiger charge is 2.21. The predicted molar refractivity (Wildman–Crippen MR) is 76.8 cm³/mol. The summed E-state index contributed by atoms with van der Waals surface area (Å²) < 4.78 is 5.40. The Labute approximate surface area is 117 Å². The quantitative estimate of drug-likeness (QED) is 0.626.